The number of hydrogen-bond acceptors (Lipinski definition) is 10. The van der Waals surface area contributed by atoms with Crippen molar-refractivity contribution < 1.29 is 33.0 Å². The van der Waals surface area contributed by atoms with E-state index in [0.29, 0.717) is 50.3 Å². The van der Waals surface area contributed by atoms with E-state index < -0.39 is 20.2 Å². The normalized spacial score (nSPS) is 12.8. The maximum atomic E-state index is 12.1. The Kier molecular flexibility index (Phi) is 9.29. The molecule has 3 heterocycles. The Bertz CT molecular complexity index is 2560. The first kappa shape index (κ1) is 34.2. The average molecular weight is 718 g/mol. The third-order valence-electron chi connectivity index (χ3n) is 8.80. The molecule has 262 valence electrons. The molecule has 8 rings (SSSR count). The number of carbonyl (C=O) groups excluding carboxylic acids is 2. The summed E-state index contributed by atoms with van der Waals surface area (Å²) in [6.45, 7) is 4.32. The van der Waals surface area contributed by atoms with Gasteiger partial charge in [-0.1, -0.05) is 24.3 Å². The molecule has 0 bridgehead atoms. The summed E-state index contributed by atoms with van der Waals surface area (Å²) in [6.07, 6.45) is 4.20. The van der Waals surface area contributed by atoms with E-state index in [1.54, 1.807) is 42.5 Å². The van der Waals surface area contributed by atoms with Gasteiger partial charge >= 0.3 is 20.2 Å². The van der Waals surface area contributed by atoms with Gasteiger partial charge in [0.05, 0.1) is 59.6 Å². The van der Waals surface area contributed by atoms with Gasteiger partial charge in [0.2, 0.25) is 5.75 Å². The molecule has 1 aliphatic heterocycles. The molecular weight excluding hydrogens is 683 g/mol. The van der Waals surface area contributed by atoms with Crippen LogP contribution >= 0.6 is 8.25 Å². The Hall–Kier alpha value is -6.30. The van der Waals surface area contributed by atoms with Crippen molar-refractivity contribution in [1.82, 2.24) is 29.7 Å². The zero-order chi connectivity index (χ0) is 36.5. The molecule has 7 aromatic rings. The highest BCUT2D eigenvalue weighted by Gasteiger charge is 2.25. The second-order valence-electron chi connectivity index (χ2n) is 12.1. The number of rotatable bonds is 7. The number of methoxy groups -OCH3 is 2. The number of ether oxygens (including phenoxy) is 2. The van der Waals surface area contributed by atoms with E-state index in [2.05, 4.69) is 51.1 Å². The Morgan fingerprint density at radius 3 is 1.94 bits per heavy atom. The number of benzene rings is 5. The summed E-state index contributed by atoms with van der Waals surface area (Å²) in [5.74, 6) is 0.203. The molecule has 5 aromatic carbocycles. The van der Waals surface area contributed by atoms with E-state index in [4.69, 9.17) is 19.0 Å². The first-order valence-electron chi connectivity index (χ1n) is 16.3. The molecule has 14 heteroatoms. The fourth-order valence-electron chi connectivity index (χ4n) is 6.19. The highest BCUT2D eigenvalue weighted by atomic mass is 31.1. The molecule has 0 aliphatic carbocycles. The predicted octanol–water partition coefficient (Wildman–Crippen LogP) is 7.36. The van der Waals surface area contributed by atoms with Crippen molar-refractivity contribution in [2.45, 2.75) is 6.92 Å². The SMILES string of the molecule is CCN1C=CN(C)C1.COC(=O)c1ccc2[nH]c(-c3ccc4cc5cccc(-c6nc7cc(C(=O)OC)ccc7[nH]6)c5cc4c3O[P+](=O)O)nc2c1. The summed E-state index contributed by atoms with van der Waals surface area (Å²) < 4.78 is 27.3. The number of hydrogen-bond donors (Lipinski definition) is 3. The molecular formula is C38H34N6O7P+. The van der Waals surface area contributed by atoms with E-state index in [1.165, 1.54) is 14.2 Å². The standard InChI is InChI=1S/C32H21N4O7P.C6H12N2/c1-41-31(37)18-7-10-24-26(13-18)35-29(33-24)20-5-3-4-16-12-17-6-9-21(28(43-44(39)40)23(17)15-22(16)20)30-34-25-11-8-19(32(38)42-2)14-27(25)36-30;1-3-8-5-4-7(2)6-8/h3-15H,1-2H3,(H2-,33,34,35,36,37,38,39,40);4-5H,3,6H2,1-2H3/p+1. The highest BCUT2D eigenvalue weighted by molar-refractivity contribution is 7.32. The van der Waals surface area contributed by atoms with Crippen molar-refractivity contribution in [2.24, 2.45) is 0 Å². The summed E-state index contributed by atoms with van der Waals surface area (Å²) >= 11 is 0. The van der Waals surface area contributed by atoms with Crippen molar-refractivity contribution >= 4 is 63.8 Å². The van der Waals surface area contributed by atoms with Gasteiger partial charge in [-0.05, 0) is 77.7 Å². The van der Waals surface area contributed by atoms with Crippen LogP contribution in [0.5, 0.6) is 5.75 Å². The molecule has 0 saturated heterocycles. The lowest BCUT2D eigenvalue weighted by molar-refractivity contribution is 0.0592. The van der Waals surface area contributed by atoms with E-state index in [1.807, 2.05) is 36.4 Å². The zero-order valence-electron chi connectivity index (χ0n) is 28.7. The van der Waals surface area contributed by atoms with Gasteiger partial charge in [-0.25, -0.2) is 24.1 Å². The minimum atomic E-state index is -3.02. The quantitative estimate of drug-likeness (QED) is 0.0858. The number of esters is 2. The molecule has 1 atom stereocenters. The van der Waals surface area contributed by atoms with Crippen molar-refractivity contribution in [3.05, 3.63) is 102 Å². The van der Waals surface area contributed by atoms with Crippen LogP contribution in [0, 0.1) is 0 Å². The first-order valence-corrected chi connectivity index (χ1v) is 17.4. The van der Waals surface area contributed by atoms with E-state index in [-0.39, 0.29) is 5.75 Å². The van der Waals surface area contributed by atoms with Crippen molar-refractivity contribution in [3.8, 4) is 28.5 Å². The molecule has 2 aromatic heterocycles. The van der Waals surface area contributed by atoms with Gasteiger partial charge in [0, 0.05) is 41.5 Å². The lowest BCUT2D eigenvalue weighted by atomic mass is 9.97. The molecule has 3 N–H and O–H groups in total. The van der Waals surface area contributed by atoms with Gasteiger partial charge in [0.25, 0.3) is 0 Å². The first-order chi connectivity index (χ1) is 25.1. The number of aromatic amines is 2. The van der Waals surface area contributed by atoms with Crippen LogP contribution in [0.2, 0.25) is 0 Å². The van der Waals surface area contributed by atoms with E-state index in [0.717, 1.165) is 40.5 Å². The third-order valence-corrected chi connectivity index (χ3v) is 9.14. The predicted molar refractivity (Wildman–Crippen MR) is 199 cm³/mol. The molecule has 13 nitrogen and oxygen atoms in total. The summed E-state index contributed by atoms with van der Waals surface area (Å²) in [7, 11) is 1.69. The van der Waals surface area contributed by atoms with Crippen LogP contribution in [0.1, 0.15) is 27.6 Å². The summed E-state index contributed by atoms with van der Waals surface area (Å²) in [5.41, 5.74) is 4.50. The largest absolute Gasteiger partial charge is 0.747 e. The average Bonchev–Trinajstić information content (AvgIpc) is 3.90. The van der Waals surface area contributed by atoms with Gasteiger partial charge in [-0.3, -0.25) is 0 Å². The maximum Gasteiger partial charge on any atom is 0.747 e. The zero-order valence-corrected chi connectivity index (χ0v) is 29.6. The number of imidazole rings is 2. The van der Waals surface area contributed by atoms with Crippen molar-refractivity contribution in [3.63, 3.8) is 0 Å². The maximum absolute atomic E-state index is 12.1. The highest BCUT2D eigenvalue weighted by Crippen LogP contribution is 2.43. The number of nitrogens with one attached hydrogen (secondary N) is 2. The minimum absolute atomic E-state index is 0.169. The van der Waals surface area contributed by atoms with Gasteiger partial charge in [0.1, 0.15) is 11.6 Å². The monoisotopic (exact) mass is 717 g/mol. The molecule has 0 amide bonds. The number of nitrogens with zero attached hydrogens (tertiary/aromatic N) is 4. The fraction of sp³-hybridized carbons (Fsp3) is 0.158. The molecule has 1 aliphatic rings. The molecule has 1 unspecified atom stereocenters. The van der Waals surface area contributed by atoms with Crippen LogP contribution < -0.4 is 4.52 Å². The Balaban J connectivity index is 0.000000466. The lowest BCUT2D eigenvalue weighted by Gasteiger charge is -2.14. The molecule has 0 radical (unpaired) electrons. The van der Waals surface area contributed by atoms with Crippen molar-refractivity contribution in [2.75, 3.05) is 34.5 Å². The third kappa shape index (κ3) is 6.62. The number of fused-ring (bicyclic) bond motifs is 4. The van der Waals surface area contributed by atoms with Crippen LogP contribution in [0.3, 0.4) is 0 Å². The Labute approximate surface area is 298 Å². The Morgan fingerprint density at radius 1 is 0.788 bits per heavy atom. The topological polar surface area (TPSA) is 163 Å². The molecule has 52 heavy (non-hydrogen) atoms. The smallest absolute Gasteiger partial charge is 0.465 e. The van der Waals surface area contributed by atoms with Crippen LogP contribution in [-0.4, -0.2) is 81.0 Å². The second-order valence-corrected chi connectivity index (χ2v) is 12.7. The number of H-pyrrole nitrogens is 2. The lowest BCUT2D eigenvalue weighted by Crippen LogP contribution is -2.21. The van der Waals surface area contributed by atoms with Gasteiger partial charge in [-0.15, -0.1) is 4.89 Å². The molecule has 0 saturated carbocycles. The van der Waals surface area contributed by atoms with Gasteiger partial charge in [-0.2, -0.15) is 0 Å². The molecule has 0 spiro atoms. The minimum Gasteiger partial charge on any atom is -0.465 e. The van der Waals surface area contributed by atoms with Gasteiger partial charge < -0.3 is 29.2 Å². The second kappa shape index (κ2) is 14.1. The number of carbonyl (C=O) groups is 2. The molecule has 0 fully saturated rings. The van der Waals surface area contributed by atoms with Crippen LogP contribution in [-0.2, 0) is 14.0 Å². The van der Waals surface area contributed by atoms with Crippen molar-refractivity contribution in [1.29, 1.82) is 0 Å². The van der Waals surface area contributed by atoms with Crippen LogP contribution in [0.4, 0.5) is 0 Å². The fourth-order valence-corrected chi connectivity index (χ4v) is 6.54. The van der Waals surface area contributed by atoms with E-state index in [9.17, 15) is 19.0 Å². The number of aromatic nitrogens is 4. The van der Waals surface area contributed by atoms with Crippen LogP contribution in [0.15, 0.2) is 91.3 Å². The summed E-state index contributed by atoms with van der Waals surface area (Å²) in [4.78, 5) is 54.3. The Morgan fingerprint density at radius 2 is 1.40 bits per heavy atom. The summed E-state index contributed by atoms with van der Waals surface area (Å²) in [5, 5.41) is 3.09. The van der Waals surface area contributed by atoms with Gasteiger partial charge in [0.15, 0.2) is 0 Å². The van der Waals surface area contributed by atoms with E-state index >= 15 is 0 Å². The summed E-state index contributed by atoms with van der Waals surface area (Å²) in [6, 6.07) is 23.4. The van der Waals surface area contributed by atoms with Crippen LogP contribution in [0.25, 0.3) is 66.4 Å².